The van der Waals surface area contributed by atoms with Crippen LogP contribution in [0.2, 0.25) is 0 Å². The SMILES string of the molecule is CCNC(=NCc1ccc(C(=O)NCC(N)=O)cc1)NCC(C)(O)c1ccc(C)o1. The Bertz CT molecular complexity index is 887. The Balaban J connectivity index is 1.96. The van der Waals surface area contributed by atoms with Gasteiger partial charge in [-0.15, -0.1) is 0 Å². The number of amides is 2. The zero-order valence-corrected chi connectivity index (χ0v) is 17.5. The normalized spacial score (nSPS) is 13.4. The molecular formula is C21H29N5O4. The van der Waals surface area contributed by atoms with E-state index in [1.165, 1.54) is 0 Å². The predicted octanol–water partition coefficient (Wildman–Crippen LogP) is 0.766. The molecule has 1 aromatic carbocycles. The molecule has 2 aromatic rings. The molecule has 6 N–H and O–H groups in total. The van der Waals surface area contributed by atoms with E-state index in [9.17, 15) is 14.7 Å². The molecule has 0 bridgehead atoms. The van der Waals surface area contributed by atoms with E-state index in [0.717, 1.165) is 11.3 Å². The van der Waals surface area contributed by atoms with Crippen molar-refractivity contribution >= 4 is 17.8 Å². The molecule has 9 heteroatoms. The van der Waals surface area contributed by atoms with Gasteiger partial charge < -0.3 is 31.2 Å². The molecule has 9 nitrogen and oxygen atoms in total. The first kappa shape index (κ1) is 23.0. The monoisotopic (exact) mass is 415 g/mol. The third-order valence-electron chi connectivity index (χ3n) is 4.27. The molecule has 0 aliphatic heterocycles. The Morgan fingerprint density at radius 3 is 2.40 bits per heavy atom. The van der Waals surface area contributed by atoms with E-state index >= 15 is 0 Å². The summed E-state index contributed by atoms with van der Waals surface area (Å²) in [6.45, 7) is 6.49. The largest absolute Gasteiger partial charge is 0.463 e. The number of nitrogens with two attached hydrogens (primary N) is 1. The van der Waals surface area contributed by atoms with E-state index in [1.54, 1.807) is 43.3 Å². The number of hydrogen-bond acceptors (Lipinski definition) is 5. The lowest BCUT2D eigenvalue weighted by atomic mass is 10.0. The topological polar surface area (TPSA) is 142 Å². The molecular weight excluding hydrogens is 386 g/mol. The number of benzene rings is 1. The second-order valence-corrected chi connectivity index (χ2v) is 7.08. The minimum Gasteiger partial charge on any atom is -0.463 e. The van der Waals surface area contributed by atoms with Gasteiger partial charge in [0.2, 0.25) is 5.91 Å². The summed E-state index contributed by atoms with van der Waals surface area (Å²) in [5.41, 5.74) is 5.15. The molecule has 1 heterocycles. The van der Waals surface area contributed by atoms with E-state index in [0.29, 0.717) is 30.4 Å². The number of hydrogen-bond donors (Lipinski definition) is 5. The lowest BCUT2D eigenvalue weighted by Gasteiger charge is -2.22. The zero-order valence-electron chi connectivity index (χ0n) is 17.5. The molecule has 30 heavy (non-hydrogen) atoms. The molecule has 0 fully saturated rings. The first-order chi connectivity index (χ1) is 14.2. The van der Waals surface area contributed by atoms with Gasteiger partial charge >= 0.3 is 0 Å². The maximum absolute atomic E-state index is 11.9. The number of carbonyl (C=O) groups excluding carboxylic acids is 2. The van der Waals surface area contributed by atoms with Crippen LogP contribution in [0.5, 0.6) is 0 Å². The molecule has 0 radical (unpaired) electrons. The number of rotatable bonds is 9. The first-order valence-corrected chi connectivity index (χ1v) is 9.68. The number of carbonyl (C=O) groups is 2. The van der Waals surface area contributed by atoms with Gasteiger partial charge in [0.15, 0.2) is 5.96 Å². The van der Waals surface area contributed by atoms with Crippen LogP contribution in [0.4, 0.5) is 0 Å². The third kappa shape index (κ3) is 6.93. The number of nitrogens with zero attached hydrogens (tertiary/aromatic N) is 1. The lowest BCUT2D eigenvalue weighted by Crippen LogP contribution is -2.44. The van der Waals surface area contributed by atoms with E-state index in [-0.39, 0.29) is 19.0 Å². The van der Waals surface area contributed by atoms with Crippen molar-refractivity contribution in [2.75, 3.05) is 19.6 Å². The first-order valence-electron chi connectivity index (χ1n) is 9.68. The molecule has 2 rings (SSSR count). The Morgan fingerprint density at radius 1 is 1.13 bits per heavy atom. The average Bonchev–Trinajstić information content (AvgIpc) is 3.16. The molecule has 0 aliphatic rings. The van der Waals surface area contributed by atoms with Gasteiger partial charge in [0.1, 0.15) is 17.1 Å². The van der Waals surface area contributed by atoms with Crippen LogP contribution in [0, 0.1) is 6.92 Å². The standard InChI is InChI=1S/C21H29N5O4/c1-4-23-20(26-13-21(3,29)17-10-5-14(2)30-17)25-11-15-6-8-16(9-7-15)19(28)24-12-18(22)27/h5-10,29H,4,11-13H2,1-3H3,(H2,22,27)(H,24,28)(H2,23,25,26). The quantitative estimate of drug-likeness (QED) is 0.302. The maximum atomic E-state index is 11.9. The highest BCUT2D eigenvalue weighted by molar-refractivity contribution is 5.96. The highest BCUT2D eigenvalue weighted by Crippen LogP contribution is 2.21. The van der Waals surface area contributed by atoms with Crippen LogP contribution in [0.25, 0.3) is 0 Å². The van der Waals surface area contributed by atoms with Gasteiger partial charge in [-0.3, -0.25) is 9.59 Å². The van der Waals surface area contributed by atoms with Gasteiger partial charge in [-0.2, -0.15) is 0 Å². The van der Waals surface area contributed by atoms with Crippen molar-refractivity contribution in [1.29, 1.82) is 0 Å². The fraction of sp³-hybridized carbons (Fsp3) is 0.381. The second kappa shape index (κ2) is 10.4. The number of guanidine groups is 1. The Kier molecular flexibility index (Phi) is 7.99. The van der Waals surface area contributed by atoms with Gasteiger partial charge in [0.25, 0.3) is 5.91 Å². The number of primary amides is 1. The summed E-state index contributed by atoms with van der Waals surface area (Å²) >= 11 is 0. The molecule has 162 valence electrons. The number of aliphatic hydroxyl groups is 1. The smallest absolute Gasteiger partial charge is 0.251 e. The van der Waals surface area contributed by atoms with Crippen molar-refractivity contribution in [2.45, 2.75) is 32.9 Å². The van der Waals surface area contributed by atoms with Gasteiger partial charge in [-0.1, -0.05) is 12.1 Å². The highest BCUT2D eigenvalue weighted by Gasteiger charge is 2.27. The number of aliphatic imine (C=N–C) groups is 1. The van der Waals surface area contributed by atoms with Crippen molar-refractivity contribution in [1.82, 2.24) is 16.0 Å². The van der Waals surface area contributed by atoms with Crippen LogP contribution >= 0.6 is 0 Å². The van der Waals surface area contributed by atoms with Crippen LogP contribution in [0.3, 0.4) is 0 Å². The van der Waals surface area contributed by atoms with Gasteiger partial charge in [0, 0.05) is 12.1 Å². The van der Waals surface area contributed by atoms with Crippen LogP contribution in [0.15, 0.2) is 45.8 Å². The molecule has 1 atom stereocenters. The van der Waals surface area contributed by atoms with E-state index in [4.69, 9.17) is 10.2 Å². The zero-order chi connectivity index (χ0) is 22.1. The molecule has 1 unspecified atom stereocenters. The molecule has 2 amide bonds. The van der Waals surface area contributed by atoms with E-state index in [2.05, 4.69) is 20.9 Å². The fourth-order valence-corrected chi connectivity index (χ4v) is 2.61. The number of nitrogens with one attached hydrogen (secondary N) is 3. The summed E-state index contributed by atoms with van der Waals surface area (Å²) in [4.78, 5) is 27.2. The second-order valence-electron chi connectivity index (χ2n) is 7.08. The molecule has 1 aromatic heterocycles. The van der Waals surface area contributed by atoms with Crippen LogP contribution in [-0.2, 0) is 16.9 Å². The fourth-order valence-electron chi connectivity index (χ4n) is 2.61. The summed E-state index contributed by atoms with van der Waals surface area (Å²) in [7, 11) is 0. The minimum atomic E-state index is -1.19. The van der Waals surface area contributed by atoms with E-state index in [1.807, 2.05) is 13.8 Å². The Labute approximate surface area is 175 Å². The molecule has 0 saturated carbocycles. The summed E-state index contributed by atoms with van der Waals surface area (Å²) in [6.07, 6.45) is 0. The van der Waals surface area contributed by atoms with Gasteiger partial charge in [0.05, 0.1) is 19.6 Å². The maximum Gasteiger partial charge on any atom is 0.251 e. The van der Waals surface area contributed by atoms with E-state index < -0.39 is 11.5 Å². The summed E-state index contributed by atoms with van der Waals surface area (Å²) in [6, 6.07) is 10.4. The summed E-state index contributed by atoms with van der Waals surface area (Å²) in [5.74, 6) is 0.795. The average molecular weight is 415 g/mol. The molecule has 0 saturated heterocycles. The Morgan fingerprint density at radius 2 is 1.83 bits per heavy atom. The van der Waals surface area contributed by atoms with Gasteiger partial charge in [-0.25, -0.2) is 4.99 Å². The Hall–Kier alpha value is -3.33. The van der Waals surface area contributed by atoms with Crippen molar-refractivity contribution in [3.8, 4) is 0 Å². The van der Waals surface area contributed by atoms with Crippen molar-refractivity contribution in [3.63, 3.8) is 0 Å². The third-order valence-corrected chi connectivity index (χ3v) is 4.27. The molecule has 0 spiro atoms. The van der Waals surface area contributed by atoms with Crippen molar-refractivity contribution in [3.05, 3.63) is 59.0 Å². The van der Waals surface area contributed by atoms with Crippen LogP contribution < -0.4 is 21.7 Å². The minimum absolute atomic E-state index is 0.204. The predicted molar refractivity (Wildman–Crippen MR) is 114 cm³/mol. The van der Waals surface area contributed by atoms with Crippen molar-refractivity contribution in [2.24, 2.45) is 10.7 Å². The molecule has 0 aliphatic carbocycles. The summed E-state index contributed by atoms with van der Waals surface area (Å²) in [5, 5.41) is 19.3. The number of furan rings is 1. The van der Waals surface area contributed by atoms with Gasteiger partial charge in [-0.05, 0) is 50.6 Å². The summed E-state index contributed by atoms with van der Waals surface area (Å²) < 4.78 is 5.52. The van der Waals surface area contributed by atoms with Crippen LogP contribution in [0.1, 0.15) is 41.3 Å². The van der Waals surface area contributed by atoms with Crippen LogP contribution in [-0.4, -0.2) is 42.5 Å². The lowest BCUT2D eigenvalue weighted by molar-refractivity contribution is -0.117. The number of aryl methyl sites for hydroxylation is 1. The highest BCUT2D eigenvalue weighted by atomic mass is 16.4. The van der Waals surface area contributed by atoms with Crippen molar-refractivity contribution < 1.29 is 19.1 Å².